The highest BCUT2D eigenvalue weighted by molar-refractivity contribution is 5.55. The standard InChI is InChI=1S/C11H12N2O/c1-8(12)10-5-4-9(7-13-10)11-3-2-6-14-11/h2-8H,12H2,1H3/t8-/m0/s1. The summed E-state index contributed by atoms with van der Waals surface area (Å²) in [6.07, 6.45) is 3.42. The van der Waals surface area contributed by atoms with E-state index in [-0.39, 0.29) is 6.04 Å². The molecule has 0 saturated carbocycles. The Morgan fingerprint density at radius 2 is 2.21 bits per heavy atom. The first kappa shape index (κ1) is 8.97. The Kier molecular flexibility index (Phi) is 2.33. The van der Waals surface area contributed by atoms with Crippen LogP contribution in [0.15, 0.2) is 41.1 Å². The maximum atomic E-state index is 5.70. The Balaban J connectivity index is 2.31. The van der Waals surface area contributed by atoms with Crippen molar-refractivity contribution in [2.75, 3.05) is 0 Å². The van der Waals surface area contributed by atoms with Crippen molar-refractivity contribution in [3.05, 3.63) is 42.4 Å². The Morgan fingerprint density at radius 3 is 2.71 bits per heavy atom. The molecule has 0 aliphatic carbocycles. The molecule has 3 nitrogen and oxygen atoms in total. The fraction of sp³-hybridized carbons (Fsp3) is 0.182. The van der Waals surface area contributed by atoms with Gasteiger partial charge >= 0.3 is 0 Å². The first-order valence-corrected chi connectivity index (χ1v) is 4.53. The fourth-order valence-electron chi connectivity index (χ4n) is 1.26. The molecule has 0 aliphatic rings. The molecule has 0 unspecified atom stereocenters. The summed E-state index contributed by atoms with van der Waals surface area (Å²) in [6, 6.07) is 7.62. The van der Waals surface area contributed by atoms with Crippen molar-refractivity contribution in [3.63, 3.8) is 0 Å². The molecular formula is C11H12N2O. The van der Waals surface area contributed by atoms with Gasteiger partial charge in [0.25, 0.3) is 0 Å². The average Bonchev–Trinajstić information content (AvgIpc) is 2.71. The number of pyridine rings is 1. The summed E-state index contributed by atoms with van der Waals surface area (Å²) < 4.78 is 5.25. The molecule has 72 valence electrons. The van der Waals surface area contributed by atoms with Gasteiger partial charge in [-0.05, 0) is 31.2 Å². The van der Waals surface area contributed by atoms with Gasteiger partial charge in [0.1, 0.15) is 5.76 Å². The minimum absolute atomic E-state index is 0.0272. The van der Waals surface area contributed by atoms with E-state index in [0.717, 1.165) is 17.0 Å². The zero-order valence-electron chi connectivity index (χ0n) is 7.97. The van der Waals surface area contributed by atoms with Crippen molar-refractivity contribution in [1.82, 2.24) is 4.98 Å². The zero-order valence-corrected chi connectivity index (χ0v) is 7.97. The maximum absolute atomic E-state index is 5.70. The van der Waals surface area contributed by atoms with E-state index in [4.69, 9.17) is 10.2 Å². The number of aromatic nitrogens is 1. The Morgan fingerprint density at radius 1 is 1.36 bits per heavy atom. The van der Waals surface area contributed by atoms with Crippen molar-refractivity contribution in [2.45, 2.75) is 13.0 Å². The second-order valence-electron chi connectivity index (χ2n) is 3.24. The predicted octanol–water partition coefficient (Wildman–Crippen LogP) is 2.36. The van der Waals surface area contributed by atoms with Gasteiger partial charge in [-0.15, -0.1) is 0 Å². The molecule has 0 spiro atoms. The highest BCUT2D eigenvalue weighted by Gasteiger charge is 2.03. The van der Waals surface area contributed by atoms with Crippen molar-refractivity contribution >= 4 is 0 Å². The molecule has 2 aromatic rings. The van der Waals surface area contributed by atoms with Gasteiger partial charge in [0.15, 0.2) is 0 Å². The number of hydrogen-bond donors (Lipinski definition) is 1. The van der Waals surface area contributed by atoms with Crippen molar-refractivity contribution in [1.29, 1.82) is 0 Å². The Hall–Kier alpha value is -1.61. The van der Waals surface area contributed by atoms with Gasteiger partial charge in [0.2, 0.25) is 0 Å². The molecule has 0 saturated heterocycles. The normalized spacial score (nSPS) is 12.7. The van der Waals surface area contributed by atoms with E-state index in [2.05, 4.69) is 4.98 Å². The smallest absolute Gasteiger partial charge is 0.135 e. The van der Waals surface area contributed by atoms with Crippen LogP contribution in [0.3, 0.4) is 0 Å². The summed E-state index contributed by atoms with van der Waals surface area (Å²) in [7, 11) is 0. The van der Waals surface area contributed by atoms with Gasteiger partial charge in [-0.25, -0.2) is 0 Å². The predicted molar refractivity (Wildman–Crippen MR) is 54.5 cm³/mol. The van der Waals surface area contributed by atoms with E-state index in [1.165, 1.54) is 0 Å². The van der Waals surface area contributed by atoms with E-state index >= 15 is 0 Å². The number of nitrogens with two attached hydrogens (primary N) is 1. The molecule has 2 rings (SSSR count). The lowest BCUT2D eigenvalue weighted by atomic mass is 10.1. The molecule has 0 aromatic carbocycles. The summed E-state index contributed by atoms with van der Waals surface area (Å²) in [6.45, 7) is 1.91. The molecule has 0 fully saturated rings. The molecule has 2 heterocycles. The van der Waals surface area contributed by atoms with E-state index < -0.39 is 0 Å². The molecule has 3 heteroatoms. The van der Waals surface area contributed by atoms with E-state index in [1.54, 1.807) is 12.5 Å². The SMILES string of the molecule is C[C@H](N)c1ccc(-c2ccco2)cn1. The third kappa shape index (κ3) is 1.67. The Labute approximate surface area is 82.6 Å². The Bertz CT molecular complexity index is 390. The van der Waals surface area contributed by atoms with E-state index in [9.17, 15) is 0 Å². The molecule has 14 heavy (non-hydrogen) atoms. The van der Waals surface area contributed by atoms with E-state index in [0.29, 0.717) is 0 Å². The molecule has 0 radical (unpaired) electrons. The third-order valence-electron chi connectivity index (χ3n) is 2.06. The van der Waals surface area contributed by atoms with Crippen molar-refractivity contribution < 1.29 is 4.42 Å². The monoisotopic (exact) mass is 188 g/mol. The number of furan rings is 1. The summed E-state index contributed by atoms with van der Waals surface area (Å²) >= 11 is 0. The van der Waals surface area contributed by atoms with E-state index in [1.807, 2.05) is 31.2 Å². The molecule has 0 aliphatic heterocycles. The highest BCUT2D eigenvalue weighted by Crippen LogP contribution is 2.19. The van der Waals surface area contributed by atoms with Gasteiger partial charge in [-0.1, -0.05) is 0 Å². The van der Waals surface area contributed by atoms with Crippen molar-refractivity contribution in [3.8, 4) is 11.3 Å². The van der Waals surface area contributed by atoms with Gasteiger partial charge in [0.05, 0.1) is 12.0 Å². The largest absolute Gasteiger partial charge is 0.464 e. The van der Waals surface area contributed by atoms with Crippen LogP contribution in [-0.4, -0.2) is 4.98 Å². The lowest BCUT2D eigenvalue weighted by Gasteiger charge is -2.04. The maximum Gasteiger partial charge on any atom is 0.135 e. The number of rotatable bonds is 2. The molecule has 0 bridgehead atoms. The van der Waals surface area contributed by atoms with Crippen LogP contribution in [0.2, 0.25) is 0 Å². The molecule has 2 N–H and O–H groups in total. The lowest BCUT2D eigenvalue weighted by Crippen LogP contribution is -2.06. The summed E-state index contributed by atoms with van der Waals surface area (Å²) in [4.78, 5) is 4.25. The van der Waals surface area contributed by atoms with Crippen LogP contribution >= 0.6 is 0 Å². The first-order valence-electron chi connectivity index (χ1n) is 4.53. The van der Waals surface area contributed by atoms with Crippen LogP contribution in [0.25, 0.3) is 11.3 Å². The lowest BCUT2D eigenvalue weighted by molar-refractivity contribution is 0.582. The first-order chi connectivity index (χ1) is 6.77. The number of hydrogen-bond acceptors (Lipinski definition) is 3. The highest BCUT2D eigenvalue weighted by atomic mass is 16.3. The van der Waals surface area contributed by atoms with Crippen LogP contribution in [0.5, 0.6) is 0 Å². The third-order valence-corrected chi connectivity index (χ3v) is 2.06. The topological polar surface area (TPSA) is 52.0 Å². The van der Waals surface area contributed by atoms with Gasteiger partial charge < -0.3 is 10.2 Å². The summed E-state index contributed by atoms with van der Waals surface area (Å²) in [5.74, 6) is 0.828. The summed E-state index contributed by atoms with van der Waals surface area (Å²) in [5, 5.41) is 0. The quantitative estimate of drug-likeness (QED) is 0.787. The summed E-state index contributed by atoms with van der Waals surface area (Å²) in [5.41, 5.74) is 7.56. The van der Waals surface area contributed by atoms with Crippen LogP contribution < -0.4 is 5.73 Å². The zero-order chi connectivity index (χ0) is 9.97. The van der Waals surface area contributed by atoms with Gasteiger partial charge in [-0.2, -0.15) is 0 Å². The second kappa shape index (κ2) is 3.64. The van der Waals surface area contributed by atoms with Crippen LogP contribution in [0.4, 0.5) is 0 Å². The van der Waals surface area contributed by atoms with Crippen LogP contribution in [-0.2, 0) is 0 Å². The number of nitrogens with zero attached hydrogens (tertiary/aromatic N) is 1. The molecule has 2 aromatic heterocycles. The molecule has 1 atom stereocenters. The molecular weight excluding hydrogens is 176 g/mol. The van der Waals surface area contributed by atoms with Gasteiger partial charge in [-0.3, -0.25) is 4.98 Å². The van der Waals surface area contributed by atoms with Crippen molar-refractivity contribution in [2.24, 2.45) is 5.73 Å². The fourth-order valence-corrected chi connectivity index (χ4v) is 1.26. The minimum atomic E-state index is -0.0272. The average molecular weight is 188 g/mol. The van der Waals surface area contributed by atoms with Crippen LogP contribution in [0.1, 0.15) is 18.7 Å². The van der Waals surface area contributed by atoms with Crippen LogP contribution in [0, 0.1) is 0 Å². The second-order valence-corrected chi connectivity index (χ2v) is 3.24. The molecule has 0 amide bonds. The van der Waals surface area contributed by atoms with Gasteiger partial charge in [0, 0.05) is 17.8 Å². The minimum Gasteiger partial charge on any atom is -0.464 e.